The van der Waals surface area contributed by atoms with Crippen molar-refractivity contribution in [1.82, 2.24) is 14.5 Å². The number of aryl methyl sites for hydroxylation is 1. The van der Waals surface area contributed by atoms with E-state index in [1.54, 1.807) is 13.3 Å². The lowest BCUT2D eigenvalue weighted by Gasteiger charge is -2.35. The van der Waals surface area contributed by atoms with Gasteiger partial charge < -0.3 is 19.3 Å². The third-order valence-electron chi connectivity index (χ3n) is 5.25. The fraction of sp³-hybridized carbons (Fsp3) is 0.304. The average Bonchev–Trinajstić information content (AvgIpc) is 3.29. The topological polar surface area (TPSA) is 59.8 Å². The summed E-state index contributed by atoms with van der Waals surface area (Å²) >= 11 is 0. The van der Waals surface area contributed by atoms with Gasteiger partial charge in [-0.3, -0.25) is 9.36 Å². The highest BCUT2D eigenvalue weighted by Crippen LogP contribution is 2.23. The fourth-order valence-electron chi connectivity index (χ4n) is 3.52. The van der Waals surface area contributed by atoms with E-state index in [0.717, 1.165) is 36.0 Å². The minimum Gasteiger partial charge on any atom is -0.497 e. The van der Waals surface area contributed by atoms with E-state index in [-0.39, 0.29) is 12.5 Å². The Kier molecular flexibility index (Phi) is 5.88. The maximum atomic E-state index is 12.5. The Hall–Kier alpha value is -3.48. The lowest BCUT2D eigenvalue weighted by molar-refractivity contribution is -0.133. The first-order valence-corrected chi connectivity index (χ1v) is 10.0. The van der Waals surface area contributed by atoms with E-state index in [1.807, 2.05) is 71.1 Å². The normalized spacial score (nSPS) is 13.9. The van der Waals surface area contributed by atoms with E-state index in [2.05, 4.69) is 9.88 Å². The Morgan fingerprint density at radius 2 is 1.80 bits per heavy atom. The number of carbonyl (C=O) groups is 1. The van der Waals surface area contributed by atoms with Gasteiger partial charge in [0.15, 0.2) is 6.61 Å². The zero-order valence-corrected chi connectivity index (χ0v) is 17.3. The fourth-order valence-corrected chi connectivity index (χ4v) is 3.52. The Morgan fingerprint density at radius 3 is 2.53 bits per heavy atom. The van der Waals surface area contributed by atoms with Crippen LogP contribution in [0.25, 0.3) is 5.69 Å². The molecule has 7 nitrogen and oxygen atoms in total. The number of anilines is 1. The molecule has 156 valence electrons. The lowest BCUT2D eigenvalue weighted by Crippen LogP contribution is -2.50. The summed E-state index contributed by atoms with van der Waals surface area (Å²) in [5, 5.41) is 0. The molecular formula is C23H26N4O3. The van der Waals surface area contributed by atoms with Crippen molar-refractivity contribution in [2.45, 2.75) is 6.92 Å². The molecule has 1 aliphatic heterocycles. The quantitative estimate of drug-likeness (QED) is 0.630. The maximum absolute atomic E-state index is 12.5. The molecule has 1 aliphatic rings. The summed E-state index contributed by atoms with van der Waals surface area (Å²) in [4.78, 5) is 21.1. The minimum absolute atomic E-state index is 0.00589. The molecular weight excluding hydrogens is 380 g/mol. The third kappa shape index (κ3) is 4.40. The number of rotatable bonds is 6. The van der Waals surface area contributed by atoms with Gasteiger partial charge >= 0.3 is 0 Å². The molecule has 1 fully saturated rings. The monoisotopic (exact) mass is 406 g/mol. The van der Waals surface area contributed by atoms with Gasteiger partial charge in [0, 0.05) is 44.6 Å². The first kappa shape index (κ1) is 19.8. The average molecular weight is 406 g/mol. The molecule has 0 aliphatic carbocycles. The molecule has 2 aromatic carbocycles. The number of hydrogen-bond acceptors (Lipinski definition) is 5. The summed E-state index contributed by atoms with van der Waals surface area (Å²) in [5.41, 5.74) is 2.16. The molecule has 0 unspecified atom stereocenters. The van der Waals surface area contributed by atoms with Crippen LogP contribution >= 0.6 is 0 Å². The van der Waals surface area contributed by atoms with Crippen LogP contribution in [0.5, 0.6) is 11.5 Å². The molecule has 1 saturated heterocycles. The smallest absolute Gasteiger partial charge is 0.260 e. The molecule has 3 aromatic rings. The van der Waals surface area contributed by atoms with Crippen molar-refractivity contribution in [3.05, 3.63) is 66.5 Å². The zero-order chi connectivity index (χ0) is 20.9. The standard InChI is InChI=1S/C23H26N4O3/c1-18-6-8-20(9-7-18)30-17-22(28)25-12-14-26(15-13-25)23-24-10-11-27(23)19-4-3-5-21(16-19)29-2/h3-11,16H,12-15,17H2,1-2H3. The molecule has 30 heavy (non-hydrogen) atoms. The van der Waals surface area contributed by atoms with Crippen LogP contribution in [-0.2, 0) is 4.79 Å². The number of ether oxygens (including phenoxy) is 2. The van der Waals surface area contributed by atoms with Crippen LogP contribution in [0.2, 0.25) is 0 Å². The predicted octanol–water partition coefficient (Wildman–Crippen LogP) is 2.92. The van der Waals surface area contributed by atoms with Gasteiger partial charge in [-0.1, -0.05) is 23.8 Å². The van der Waals surface area contributed by atoms with Gasteiger partial charge in [-0.25, -0.2) is 4.98 Å². The van der Waals surface area contributed by atoms with E-state index < -0.39 is 0 Å². The molecule has 0 saturated carbocycles. The molecule has 0 bridgehead atoms. The molecule has 4 rings (SSSR count). The van der Waals surface area contributed by atoms with E-state index >= 15 is 0 Å². The number of nitrogens with zero attached hydrogens (tertiary/aromatic N) is 4. The number of carbonyl (C=O) groups excluding carboxylic acids is 1. The van der Waals surface area contributed by atoms with Gasteiger partial charge in [0.05, 0.1) is 12.8 Å². The highest BCUT2D eigenvalue weighted by molar-refractivity contribution is 5.78. The molecule has 0 N–H and O–H groups in total. The molecule has 2 heterocycles. The van der Waals surface area contributed by atoms with Crippen molar-refractivity contribution in [2.75, 3.05) is 44.8 Å². The highest BCUT2D eigenvalue weighted by Gasteiger charge is 2.24. The summed E-state index contributed by atoms with van der Waals surface area (Å²) in [7, 11) is 1.66. The van der Waals surface area contributed by atoms with Gasteiger partial charge in [0.25, 0.3) is 5.91 Å². The predicted molar refractivity (Wildman–Crippen MR) is 116 cm³/mol. The van der Waals surface area contributed by atoms with Crippen LogP contribution in [0.4, 0.5) is 5.95 Å². The van der Waals surface area contributed by atoms with E-state index in [0.29, 0.717) is 18.8 Å². The molecule has 0 radical (unpaired) electrons. The Labute approximate surface area is 176 Å². The second kappa shape index (κ2) is 8.90. The maximum Gasteiger partial charge on any atom is 0.260 e. The van der Waals surface area contributed by atoms with Gasteiger partial charge in [0.1, 0.15) is 11.5 Å². The van der Waals surface area contributed by atoms with Crippen molar-refractivity contribution in [2.24, 2.45) is 0 Å². The number of amides is 1. The summed E-state index contributed by atoms with van der Waals surface area (Å²) in [6.07, 6.45) is 3.73. The van der Waals surface area contributed by atoms with Crippen molar-refractivity contribution >= 4 is 11.9 Å². The van der Waals surface area contributed by atoms with Crippen LogP contribution in [0.3, 0.4) is 0 Å². The van der Waals surface area contributed by atoms with Gasteiger partial charge in [-0.2, -0.15) is 0 Å². The van der Waals surface area contributed by atoms with Gasteiger partial charge in [0.2, 0.25) is 5.95 Å². The largest absolute Gasteiger partial charge is 0.497 e. The van der Waals surface area contributed by atoms with Crippen LogP contribution < -0.4 is 14.4 Å². The number of hydrogen-bond donors (Lipinski definition) is 0. The van der Waals surface area contributed by atoms with Crippen molar-refractivity contribution < 1.29 is 14.3 Å². The van der Waals surface area contributed by atoms with Crippen LogP contribution in [-0.4, -0.2) is 60.3 Å². The van der Waals surface area contributed by atoms with Gasteiger partial charge in [-0.05, 0) is 31.2 Å². The second-order valence-electron chi connectivity index (χ2n) is 7.27. The summed E-state index contributed by atoms with van der Waals surface area (Å²) in [6, 6.07) is 15.6. The zero-order valence-electron chi connectivity index (χ0n) is 17.3. The van der Waals surface area contributed by atoms with E-state index in [9.17, 15) is 4.79 Å². The van der Waals surface area contributed by atoms with Crippen molar-refractivity contribution in [3.8, 4) is 17.2 Å². The number of methoxy groups -OCH3 is 1. The highest BCUT2D eigenvalue weighted by atomic mass is 16.5. The summed E-state index contributed by atoms with van der Waals surface area (Å²) in [6.45, 7) is 4.80. The SMILES string of the molecule is COc1cccc(-n2ccnc2N2CCN(C(=O)COc3ccc(C)cc3)CC2)c1. The first-order valence-electron chi connectivity index (χ1n) is 10.0. The number of aromatic nitrogens is 2. The number of imidazole rings is 1. The third-order valence-corrected chi connectivity index (χ3v) is 5.25. The summed E-state index contributed by atoms with van der Waals surface area (Å²) < 4.78 is 13.0. The minimum atomic E-state index is 0.00589. The van der Waals surface area contributed by atoms with Crippen molar-refractivity contribution in [3.63, 3.8) is 0 Å². The molecule has 0 spiro atoms. The lowest BCUT2D eigenvalue weighted by atomic mass is 10.2. The van der Waals surface area contributed by atoms with Crippen LogP contribution in [0.1, 0.15) is 5.56 Å². The second-order valence-corrected chi connectivity index (χ2v) is 7.27. The Bertz CT molecular complexity index is 992. The molecule has 0 atom stereocenters. The number of piperazine rings is 1. The first-order chi connectivity index (χ1) is 14.6. The molecule has 1 aromatic heterocycles. The van der Waals surface area contributed by atoms with Crippen LogP contribution in [0.15, 0.2) is 60.9 Å². The number of benzene rings is 2. The van der Waals surface area contributed by atoms with E-state index in [4.69, 9.17) is 9.47 Å². The Balaban J connectivity index is 1.35. The van der Waals surface area contributed by atoms with Crippen LogP contribution in [0, 0.1) is 6.92 Å². The summed E-state index contributed by atoms with van der Waals surface area (Å²) in [5.74, 6) is 2.39. The van der Waals surface area contributed by atoms with Crippen molar-refractivity contribution in [1.29, 1.82) is 0 Å². The van der Waals surface area contributed by atoms with Gasteiger partial charge in [-0.15, -0.1) is 0 Å². The Morgan fingerprint density at radius 1 is 1.03 bits per heavy atom. The van der Waals surface area contributed by atoms with E-state index in [1.165, 1.54) is 0 Å². The molecule has 7 heteroatoms. The molecule has 1 amide bonds.